The minimum absolute atomic E-state index is 0.0411. The van der Waals surface area contributed by atoms with Crippen LogP contribution >= 0.6 is 45.9 Å². The van der Waals surface area contributed by atoms with Crippen molar-refractivity contribution in [1.82, 2.24) is 10.3 Å². The highest BCUT2D eigenvalue weighted by Crippen LogP contribution is 2.40. The predicted molar refractivity (Wildman–Crippen MR) is 148 cm³/mol. The summed E-state index contributed by atoms with van der Waals surface area (Å²) in [6.45, 7) is 2.15. The Bertz CT molecular complexity index is 1450. The van der Waals surface area contributed by atoms with E-state index in [2.05, 4.69) is 10.5 Å². The van der Waals surface area contributed by atoms with Crippen molar-refractivity contribution in [2.45, 2.75) is 13.5 Å². The maximum atomic E-state index is 12.8. The molecule has 0 aliphatic carbocycles. The molecule has 0 saturated carbocycles. The Kier molecular flexibility index (Phi) is 8.11. The maximum absolute atomic E-state index is 12.8. The van der Waals surface area contributed by atoms with Gasteiger partial charge in [0.15, 0.2) is 0 Å². The van der Waals surface area contributed by atoms with Gasteiger partial charge in [-0.15, -0.1) is 22.7 Å². The van der Waals surface area contributed by atoms with Gasteiger partial charge in [-0.25, -0.2) is 5.43 Å². The number of hydrogen-bond donors (Lipinski definition) is 2. The second-order valence-electron chi connectivity index (χ2n) is 7.90. The summed E-state index contributed by atoms with van der Waals surface area (Å²) in [5.41, 5.74) is 5.17. The standard InChI is InChI=1S/C26H21Cl2N3O3S2/c1-15(18-14-35-24(23(18)32)17-8-9-19(27)20(28)12-17)29-30-25(33)21-10-11-22(36-21)26(34)31(2)13-16-6-4-3-5-7-16/h3-12,14,32H,13H2,1-2H3,(H,30,33). The van der Waals surface area contributed by atoms with Gasteiger partial charge in [0.1, 0.15) is 5.75 Å². The van der Waals surface area contributed by atoms with Crippen LogP contribution in [0.4, 0.5) is 0 Å². The van der Waals surface area contributed by atoms with Crippen molar-refractivity contribution < 1.29 is 14.7 Å². The van der Waals surface area contributed by atoms with Gasteiger partial charge in [-0.1, -0.05) is 59.6 Å². The van der Waals surface area contributed by atoms with Gasteiger partial charge in [-0.05, 0) is 42.3 Å². The lowest BCUT2D eigenvalue weighted by atomic mass is 10.1. The maximum Gasteiger partial charge on any atom is 0.281 e. The van der Waals surface area contributed by atoms with Gasteiger partial charge in [0, 0.05) is 19.0 Å². The average molecular weight is 559 g/mol. The molecule has 184 valence electrons. The van der Waals surface area contributed by atoms with E-state index in [0.29, 0.717) is 42.5 Å². The summed E-state index contributed by atoms with van der Waals surface area (Å²) in [5.74, 6) is -0.566. The molecule has 0 saturated heterocycles. The predicted octanol–water partition coefficient (Wildman–Crippen LogP) is 6.92. The monoisotopic (exact) mass is 557 g/mol. The molecular weight excluding hydrogens is 537 g/mol. The summed E-state index contributed by atoms with van der Waals surface area (Å²) < 4.78 is 0. The van der Waals surface area contributed by atoms with Crippen molar-refractivity contribution in [1.29, 1.82) is 0 Å². The number of nitrogens with one attached hydrogen (secondary N) is 1. The first-order valence-corrected chi connectivity index (χ1v) is 13.2. The SMILES string of the molecule is CC(=NNC(=O)c1ccc(C(=O)N(C)Cc2ccccc2)s1)c1csc(-c2ccc(Cl)c(Cl)c2)c1O. The number of amides is 2. The van der Waals surface area contributed by atoms with Gasteiger partial charge in [0.2, 0.25) is 0 Å². The summed E-state index contributed by atoms with van der Waals surface area (Å²) >= 11 is 14.5. The highest BCUT2D eigenvalue weighted by molar-refractivity contribution is 7.16. The summed E-state index contributed by atoms with van der Waals surface area (Å²) in [7, 11) is 1.72. The summed E-state index contributed by atoms with van der Waals surface area (Å²) in [6, 6.07) is 18.0. The number of hydrazone groups is 1. The molecule has 0 fully saturated rings. The van der Waals surface area contributed by atoms with Gasteiger partial charge < -0.3 is 10.0 Å². The van der Waals surface area contributed by atoms with Crippen molar-refractivity contribution in [3.63, 3.8) is 0 Å². The largest absolute Gasteiger partial charge is 0.506 e. The van der Waals surface area contributed by atoms with Gasteiger partial charge in [-0.3, -0.25) is 9.59 Å². The number of hydrogen-bond acceptors (Lipinski definition) is 6. The molecule has 2 aromatic heterocycles. The Labute approximate surface area is 226 Å². The van der Waals surface area contributed by atoms with Crippen LogP contribution in [0.3, 0.4) is 0 Å². The molecule has 36 heavy (non-hydrogen) atoms. The Balaban J connectivity index is 1.42. The molecule has 4 rings (SSSR count). The number of carbonyl (C=O) groups is 2. The Hall–Kier alpha value is -3.17. The van der Waals surface area contributed by atoms with E-state index in [1.807, 2.05) is 30.3 Å². The van der Waals surface area contributed by atoms with Crippen LogP contribution in [0.1, 0.15) is 37.4 Å². The van der Waals surface area contributed by atoms with Crippen LogP contribution in [0.25, 0.3) is 10.4 Å². The highest BCUT2D eigenvalue weighted by Gasteiger charge is 2.19. The topological polar surface area (TPSA) is 82.0 Å². The van der Waals surface area contributed by atoms with Crippen LogP contribution in [0.5, 0.6) is 5.75 Å². The smallest absolute Gasteiger partial charge is 0.281 e. The van der Waals surface area contributed by atoms with Gasteiger partial charge >= 0.3 is 0 Å². The molecule has 0 spiro atoms. The van der Waals surface area contributed by atoms with E-state index < -0.39 is 5.91 Å². The Morgan fingerprint density at radius 1 is 1.03 bits per heavy atom. The molecule has 6 nitrogen and oxygen atoms in total. The van der Waals surface area contributed by atoms with E-state index in [4.69, 9.17) is 23.2 Å². The minimum atomic E-state index is -0.441. The van der Waals surface area contributed by atoms with E-state index >= 15 is 0 Å². The van der Waals surface area contributed by atoms with Crippen molar-refractivity contribution in [3.05, 3.63) is 97.0 Å². The molecule has 4 aromatic rings. The molecule has 10 heteroatoms. The number of halogens is 2. The molecule has 2 aromatic carbocycles. The van der Waals surface area contributed by atoms with Crippen LogP contribution in [-0.2, 0) is 6.54 Å². The van der Waals surface area contributed by atoms with Crippen LogP contribution in [-0.4, -0.2) is 34.6 Å². The Morgan fingerprint density at radius 3 is 2.47 bits per heavy atom. The number of thiophene rings is 2. The zero-order valence-corrected chi connectivity index (χ0v) is 22.4. The quantitative estimate of drug-likeness (QED) is 0.191. The zero-order valence-electron chi connectivity index (χ0n) is 19.3. The van der Waals surface area contributed by atoms with Crippen LogP contribution < -0.4 is 5.43 Å². The molecule has 2 amide bonds. The molecule has 0 aliphatic rings. The third kappa shape index (κ3) is 5.79. The number of aromatic hydroxyl groups is 1. The van der Waals surface area contributed by atoms with Crippen molar-refractivity contribution in [2.75, 3.05) is 7.05 Å². The van der Waals surface area contributed by atoms with E-state index in [1.165, 1.54) is 11.3 Å². The van der Waals surface area contributed by atoms with E-state index in [0.717, 1.165) is 22.5 Å². The third-order valence-corrected chi connectivity index (χ3v) is 8.14. The second-order valence-corrected chi connectivity index (χ2v) is 10.7. The Morgan fingerprint density at radius 2 is 1.75 bits per heavy atom. The first kappa shape index (κ1) is 25.9. The van der Waals surface area contributed by atoms with Gasteiger partial charge in [0.05, 0.1) is 36.0 Å². The molecular formula is C26H21Cl2N3O3S2. The molecule has 0 unspecified atom stereocenters. The molecule has 0 aliphatic heterocycles. The zero-order chi connectivity index (χ0) is 25.8. The van der Waals surface area contributed by atoms with E-state index in [9.17, 15) is 14.7 Å². The summed E-state index contributed by atoms with van der Waals surface area (Å²) in [6.07, 6.45) is 0. The lowest BCUT2D eigenvalue weighted by Crippen LogP contribution is -2.25. The number of carbonyl (C=O) groups excluding carboxylic acids is 2. The second kappa shape index (κ2) is 11.3. The number of benzene rings is 2. The van der Waals surface area contributed by atoms with Gasteiger partial charge in [0.25, 0.3) is 11.8 Å². The summed E-state index contributed by atoms with van der Waals surface area (Å²) in [4.78, 5) is 28.4. The van der Waals surface area contributed by atoms with Crippen LogP contribution in [0, 0.1) is 0 Å². The first-order valence-electron chi connectivity index (χ1n) is 10.7. The minimum Gasteiger partial charge on any atom is -0.506 e. The molecule has 0 radical (unpaired) electrons. The molecule has 2 N–H and O–H groups in total. The average Bonchev–Trinajstić information content (AvgIpc) is 3.51. The number of rotatable bonds is 7. The fraction of sp³-hybridized carbons (Fsp3) is 0.115. The molecule has 0 atom stereocenters. The lowest BCUT2D eigenvalue weighted by molar-refractivity contribution is 0.0789. The molecule has 2 heterocycles. The van der Waals surface area contributed by atoms with E-state index in [-0.39, 0.29) is 11.7 Å². The van der Waals surface area contributed by atoms with E-state index in [1.54, 1.807) is 54.6 Å². The fourth-order valence-corrected chi connectivity index (χ4v) is 5.58. The highest BCUT2D eigenvalue weighted by atomic mass is 35.5. The fourth-order valence-electron chi connectivity index (χ4n) is 3.39. The first-order chi connectivity index (χ1) is 17.2. The lowest BCUT2D eigenvalue weighted by Gasteiger charge is -2.16. The third-order valence-electron chi connectivity index (χ3n) is 5.31. The molecule has 0 bridgehead atoms. The van der Waals surface area contributed by atoms with Crippen LogP contribution in [0.2, 0.25) is 10.0 Å². The van der Waals surface area contributed by atoms with Gasteiger partial charge in [-0.2, -0.15) is 5.10 Å². The van der Waals surface area contributed by atoms with Crippen molar-refractivity contribution in [2.24, 2.45) is 5.10 Å². The van der Waals surface area contributed by atoms with Crippen molar-refractivity contribution >= 4 is 63.4 Å². The van der Waals surface area contributed by atoms with Crippen molar-refractivity contribution in [3.8, 4) is 16.2 Å². The number of nitrogens with zero attached hydrogens (tertiary/aromatic N) is 2. The normalized spacial score (nSPS) is 11.4. The summed E-state index contributed by atoms with van der Waals surface area (Å²) in [5, 5.41) is 17.4. The van der Waals surface area contributed by atoms with Crippen LogP contribution in [0.15, 0.2) is 71.1 Å².